The quantitative estimate of drug-likeness (QED) is 0.254. The molecule has 1 aliphatic rings. The maximum Gasteiger partial charge on any atom is 0.231 e. The molecule has 0 spiro atoms. The Morgan fingerprint density at radius 3 is 2.86 bits per heavy atom. The number of nitrogens with zero attached hydrogens (tertiary/aromatic N) is 3. The summed E-state index contributed by atoms with van der Waals surface area (Å²) in [5.41, 5.74) is 2.16. The molecule has 0 radical (unpaired) electrons. The van der Waals surface area contributed by atoms with Crippen LogP contribution in [0.4, 0.5) is 0 Å². The first-order chi connectivity index (χ1) is 17.7. The lowest BCUT2D eigenvalue weighted by Gasteiger charge is -2.10. The highest BCUT2D eigenvalue weighted by molar-refractivity contribution is 7.99. The third kappa shape index (κ3) is 7.60. The van der Waals surface area contributed by atoms with Gasteiger partial charge in [0, 0.05) is 45.4 Å². The SMILES string of the molecule is COCCCn1c(CCCC(=O)NCc2ccc3c(c2)OCO3)nnc1SC/C=C/c1ccccc1. The molecule has 1 aromatic heterocycles. The van der Waals surface area contributed by atoms with Crippen LogP contribution in [0, 0.1) is 0 Å². The molecule has 0 fully saturated rings. The molecule has 0 saturated carbocycles. The van der Waals surface area contributed by atoms with Gasteiger partial charge in [0.15, 0.2) is 16.7 Å². The molecule has 2 aromatic carbocycles. The first-order valence-electron chi connectivity index (χ1n) is 12.1. The maximum atomic E-state index is 12.4. The van der Waals surface area contributed by atoms with Crippen molar-refractivity contribution in [3.8, 4) is 11.5 Å². The molecular weight excluding hydrogens is 476 g/mol. The lowest BCUT2D eigenvalue weighted by atomic mass is 10.2. The Hall–Kier alpha value is -3.30. The molecule has 0 aliphatic carbocycles. The second kappa shape index (κ2) is 13.7. The monoisotopic (exact) mass is 508 g/mol. The average molecular weight is 509 g/mol. The number of rotatable bonds is 14. The van der Waals surface area contributed by atoms with Crippen LogP contribution in [-0.2, 0) is 29.0 Å². The summed E-state index contributed by atoms with van der Waals surface area (Å²) in [7, 11) is 1.71. The molecular formula is C27H32N4O4S. The van der Waals surface area contributed by atoms with Crippen LogP contribution in [0.2, 0.25) is 0 Å². The number of carbonyl (C=O) groups excluding carboxylic acids is 1. The van der Waals surface area contributed by atoms with Gasteiger partial charge >= 0.3 is 0 Å². The molecule has 1 N–H and O–H groups in total. The largest absolute Gasteiger partial charge is 0.454 e. The van der Waals surface area contributed by atoms with E-state index in [4.69, 9.17) is 14.2 Å². The van der Waals surface area contributed by atoms with E-state index in [1.54, 1.807) is 18.9 Å². The molecule has 190 valence electrons. The Morgan fingerprint density at radius 2 is 2.00 bits per heavy atom. The standard InChI is InChI=1S/C27H32N4O4S/c1-33-16-7-15-31-25(29-30-27(31)36-17-6-10-21-8-3-2-4-9-21)11-5-12-26(32)28-19-22-13-14-23-24(18-22)35-20-34-23/h2-4,6,8-10,13-14,18H,5,7,11-12,15-17,19-20H2,1H3,(H,28,32)/b10-6+. The minimum atomic E-state index is 0.0127. The molecule has 0 saturated heterocycles. The molecule has 0 bridgehead atoms. The van der Waals surface area contributed by atoms with Gasteiger partial charge in [-0.2, -0.15) is 0 Å². The molecule has 0 atom stereocenters. The first-order valence-corrected chi connectivity index (χ1v) is 13.1. The van der Waals surface area contributed by atoms with Crippen LogP contribution < -0.4 is 14.8 Å². The van der Waals surface area contributed by atoms with Crippen LogP contribution in [0.5, 0.6) is 11.5 Å². The zero-order valence-electron chi connectivity index (χ0n) is 20.5. The molecule has 4 rings (SSSR count). The Morgan fingerprint density at radius 1 is 1.14 bits per heavy atom. The number of aromatic nitrogens is 3. The van der Waals surface area contributed by atoms with E-state index in [1.807, 2.05) is 36.4 Å². The van der Waals surface area contributed by atoms with E-state index in [-0.39, 0.29) is 12.7 Å². The third-order valence-corrected chi connectivity index (χ3v) is 6.59. The first kappa shape index (κ1) is 25.8. The van der Waals surface area contributed by atoms with Gasteiger partial charge in [-0.15, -0.1) is 10.2 Å². The van der Waals surface area contributed by atoms with Crippen LogP contribution in [0.15, 0.2) is 59.8 Å². The molecule has 9 heteroatoms. The van der Waals surface area contributed by atoms with Gasteiger partial charge in [0.1, 0.15) is 5.82 Å². The second-order valence-corrected chi connectivity index (χ2v) is 9.33. The minimum absolute atomic E-state index is 0.0127. The Bertz CT molecular complexity index is 1150. The predicted molar refractivity (Wildman–Crippen MR) is 140 cm³/mol. The van der Waals surface area contributed by atoms with Gasteiger partial charge in [-0.05, 0) is 36.1 Å². The van der Waals surface area contributed by atoms with Crippen molar-refractivity contribution in [2.75, 3.05) is 26.3 Å². The molecule has 3 aromatic rings. The van der Waals surface area contributed by atoms with Gasteiger partial charge in [-0.3, -0.25) is 4.79 Å². The van der Waals surface area contributed by atoms with Gasteiger partial charge in [0.25, 0.3) is 0 Å². The van der Waals surface area contributed by atoms with Crippen molar-refractivity contribution in [3.63, 3.8) is 0 Å². The summed E-state index contributed by atoms with van der Waals surface area (Å²) in [4.78, 5) is 12.4. The number of hydrogen-bond donors (Lipinski definition) is 1. The average Bonchev–Trinajstić information content (AvgIpc) is 3.53. The molecule has 8 nitrogen and oxygen atoms in total. The number of ether oxygens (including phenoxy) is 3. The summed E-state index contributed by atoms with van der Waals surface area (Å²) < 4.78 is 18.1. The highest BCUT2D eigenvalue weighted by atomic mass is 32.2. The zero-order chi connectivity index (χ0) is 25.0. The fourth-order valence-corrected chi connectivity index (χ4v) is 4.61. The number of methoxy groups -OCH3 is 1. The normalized spacial score (nSPS) is 12.4. The molecule has 2 heterocycles. The summed E-state index contributed by atoms with van der Waals surface area (Å²) in [6.45, 7) is 2.17. The lowest BCUT2D eigenvalue weighted by Crippen LogP contribution is -2.22. The number of hydrogen-bond acceptors (Lipinski definition) is 7. The summed E-state index contributed by atoms with van der Waals surface area (Å²) >= 11 is 1.66. The number of amides is 1. The predicted octanol–water partition coefficient (Wildman–Crippen LogP) is 4.49. The number of aryl methyl sites for hydroxylation is 1. The van der Waals surface area contributed by atoms with Crippen LogP contribution >= 0.6 is 11.8 Å². The lowest BCUT2D eigenvalue weighted by molar-refractivity contribution is -0.121. The number of benzene rings is 2. The molecule has 1 aliphatic heterocycles. The van der Waals surface area contributed by atoms with Crippen molar-refractivity contribution in [2.45, 2.75) is 43.9 Å². The fourth-order valence-electron chi connectivity index (χ4n) is 3.82. The number of carbonyl (C=O) groups is 1. The van der Waals surface area contributed by atoms with Crippen molar-refractivity contribution < 1.29 is 19.0 Å². The number of nitrogens with one attached hydrogen (secondary N) is 1. The Kier molecular flexibility index (Phi) is 9.81. The van der Waals surface area contributed by atoms with Crippen LogP contribution in [-0.4, -0.2) is 46.9 Å². The van der Waals surface area contributed by atoms with E-state index in [9.17, 15) is 4.79 Å². The van der Waals surface area contributed by atoms with Crippen LogP contribution in [0.1, 0.15) is 36.2 Å². The van der Waals surface area contributed by atoms with E-state index < -0.39 is 0 Å². The van der Waals surface area contributed by atoms with Crippen LogP contribution in [0.25, 0.3) is 6.08 Å². The van der Waals surface area contributed by atoms with Gasteiger partial charge in [-0.1, -0.05) is 60.3 Å². The van der Waals surface area contributed by atoms with Crippen molar-refractivity contribution in [3.05, 3.63) is 71.6 Å². The van der Waals surface area contributed by atoms with E-state index in [2.05, 4.69) is 44.4 Å². The third-order valence-electron chi connectivity index (χ3n) is 5.67. The summed E-state index contributed by atoms with van der Waals surface area (Å²) in [5, 5.41) is 12.7. The topological polar surface area (TPSA) is 87.5 Å². The minimum Gasteiger partial charge on any atom is -0.454 e. The van der Waals surface area contributed by atoms with Crippen molar-refractivity contribution in [1.29, 1.82) is 0 Å². The van der Waals surface area contributed by atoms with E-state index in [0.29, 0.717) is 32.4 Å². The molecule has 36 heavy (non-hydrogen) atoms. The van der Waals surface area contributed by atoms with E-state index >= 15 is 0 Å². The highest BCUT2D eigenvalue weighted by Gasteiger charge is 2.15. The van der Waals surface area contributed by atoms with Gasteiger partial charge in [0.2, 0.25) is 12.7 Å². The number of fused-ring (bicyclic) bond motifs is 1. The van der Waals surface area contributed by atoms with Gasteiger partial charge < -0.3 is 24.1 Å². The smallest absolute Gasteiger partial charge is 0.231 e. The summed E-state index contributed by atoms with van der Waals surface area (Å²) in [5.74, 6) is 3.19. The Balaban J connectivity index is 1.25. The Labute approximate surface area is 216 Å². The van der Waals surface area contributed by atoms with Crippen molar-refractivity contribution in [2.24, 2.45) is 0 Å². The van der Waals surface area contributed by atoms with Gasteiger partial charge in [0.05, 0.1) is 0 Å². The van der Waals surface area contributed by atoms with Crippen LogP contribution in [0.3, 0.4) is 0 Å². The van der Waals surface area contributed by atoms with Crippen molar-refractivity contribution in [1.82, 2.24) is 20.1 Å². The van der Waals surface area contributed by atoms with Gasteiger partial charge in [-0.25, -0.2) is 0 Å². The summed E-state index contributed by atoms with van der Waals surface area (Å²) in [6, 6.07) is 15.9. The maximum absolute atomic E-state index is 12.4. The zero-order valence-corrected chi connectivity index (χ0v) is 21.3. The van der Waals surface area contributed by atoms with E-state index in [1.165, 1.54) is 5.56 Å². The highest BCUT2D eigenvalue weighted by Crippen LogP contribution is 2.32. The summed E-state index contributed by atoms with van der Waals surface area (Å²) in [6.07, 6.45) is 6.95. The molecule has 0 unspecified atom stereocenters. The fraction of sp³-hybridized carbons (Fsp3) is 0.370. The van der Waals surface area contributed by atoms with E-state index in [0.717, 1.165) is 46.8 Å². The number of thioether (sulfide) groups is 1. The second-order valence-electron chi connectivity index (χ2n) is 8.34. The molecule has 1 amide bonds. The van der Waals surface area contributed by atoms with Crippen molar-refractivity contribution >= 4 is 23.7 Å².